The molecule has 0 atom stereocenters. The van der Waals surface area contributed by atoms with Gasteiger partial charge in [-0.25, -0.2) is 4.98 Å². The predicted molar refractivity (Wildman–Crippen MR) is 126 cm³/mol. The average molecular weight is 407 g/mol. The number of hydrogen-bond acceptors (Lipinski definition) is 5. The molecule has 0 radical (unpaired) electrons. The number of hydrogen-bond donors (Lipinski definition) is 2. The summed E-state index contributed by atoms with van der Waals surface area (Å²) in [6.07, 6.45) is 7.35. The summed E-state index contributed by atoms with van der Waals surface area (Å²) in [6, 6.07) is 14.3. The lowest BCUT2D eigenvalue weighted by Gasteiger charge is -2.14. The molecule has 1 aromatic carbocycles. The molecule has 4 heterocycles. The van der Waals surface area contributed by atoms with E-state index in [0.717, 1.165) is 55.8 Å². The summed E-state index contributed by atoms with van der Waals surface area (Å²) in [4.78, 5) is 18.2. The summed E-state index contributed by atoms with van der Waals surface area (Å²) >= 11 is 0. The third-order valence-corrected chi connectivity index (χ3v) is 5.30. The van der Waals surface area contributed by atoms with Crippen LogP contribution in [0.25, 0.3) is 44.3 Å². The molecule has 0 saturated heterocycles. The van der Waals surface area contributed by atoms with Crippen molar-refractivity contribution in [2.24, 2.45) is 4.99 Å². The maximum atomic E-state index is 4.59. The van der Waals surface area contributed by atoms with E-state index in [0.29, 0.717) is 0 Å². The number of anilines is 1. The molecule has 7 heteroatoms. The monoisotopic (exact) mass is 407 g/mol. The Balaban J connectivity index is 1.63. The van der Waals surface area contributed by atoms with E-state index >= 15 is 0 Å². The minimum atomic E-state index is 0.818. The molecular formula is C24H21N7. The zero-order valence-electron chi connectivity index (χ0n) is 17.3. The van der Waals surface area contributed by atoms with Crippen molar-refractivity contribution < 1.29 is 0 Å². The Morgan fingerprint density at radius 2 is 1.97 bits per heavy atom. The van der Waals surface area contributed by atoms with Gasteiger partial charge in [0.05, 0.1) is 22.4 Å². The average Bonchev–Trinajstić information content (AvgIpc) is 3.42. The van der Waals surface area contributed by atoms with Crippen molar-refractivity contribution in [3.05, 3.63) is 73.0 Å². The van der Waals surface area contributed by atoms with Gasteiger partial charge in [-0.15, -0.1) is 0 Å². The molecule has 0 amide bonds. The SMILES string of the molecule is C=N/C(C)=C\N(C)c1nccc2[nH]c(-c3n[nH]c4ccc(-c5cccnc5)cc34)cc12. The Morgan fingerprint density at radius 1 is 1.06 bits per heavy atom. The van der Waals surface area contributed by atoms with Crippen molar-refractivity contribution in [3.8, 4) is 22.5 Å². The van der Waals surface area contributed by atoms with Gasteiger partial charge >= 0.3 is 0 Å². The second-order valence-electron chi connectivity index (χ2n) is 7.39. The van der Waals surface area contributed by atoms with Crippen LogP contribution in [-0.4, -0.2) is 38.9 Å². The second kappa shape index (κ2) is 7.53. The number of fused-ring (bicyclic) bond motifs is 2. The first-order valence-corrected chi connectivity index (χ1v) is 9.88. The van der Waals surface area contributed by atoms with Gasteiger partial charge in [-0.2, -0.15) is 5.10 Å². The fraction of sp³-hybridized carbons (Fsp3) is 0.0833. The van der Waals surface area contributed by atoms with Crippen LogP contribution in [-0.2, 0) is 0 Å². The summed E-state index contributed by atoms with van der Waals surface area (Å²) < 4.78 is 0. The van der Waals surface area contributed by atoms with Crippen LogP contribution in [0.1, 0.15) is 6.92 Å². The number of aromatic amines is 2. The molecule has 152 valence electrons. The number of H-pyrrole nitrogens is 2. The topological polar surface area (TPSA) is 85.9 Å². The van der Waals surface area contributed by atoms with Crippen LogP contribution >= 0.6 is 0 Å². The first kappa shape index (κ1) is 18.7. The van der Waals surface area contributed by atoms with E-state index in [1.807, 2.05) is 49.5 Å². The molecule has 0 aliphatic rings. The lowest BCUT2D eigenvalue weighted by atomic mass is 10.0. The van der Waals surface area contributed by atoms with Gasteiger partial charge in [0.1, 0.15) is 11.5 Å². The van der Waals surface area contributed by atoms with Gasteiger partial charge in [0, 0.05) is 48.2 Å². The predicted octanol–water partition coefficient (Wildman–Crippen LogP) is 5.17. The largest absolute Gasteiger partial charge is 0.353 e. The van der Waals surface area contributed by atoms with E-state index in [1.165, 1.54) is 0 Å². The zero-order valence-corrected chi connectivity index (χ0v) is 17.3. The number of nitrogens with one attached hydrogen (secondary N) is 2. The molecule has 0 aliphatic carbocycles. The van der Waals surface area contributed by atoms with Gasteiger partial charge in [0.25, 0.3) is 0 Å². The van der Waals surface area contributed by atoms with Crippen molar-refractivity contribution in [3.63, 3.8) is 0 Å². The molecule has 0 unspecified atom stereocenters. The number of aliphatic imine (C=N–C) groups is 1. The quantitative estimate of drug-likeness (QED) is 0.394. The Kier molecular flexibility index (Phi) is 4.55. The van der Waals surface area contributed by atoms with Crippen molar-refractivity contribution in [2.75, 3.05) is 11.9 Å². The standard InChI is InChI=1S/C24H21N7/c1-15(25-2)14-31(3)24-19-12-22(28-20(19)8-10-27-24)23-18-11-16(6-7-21(18)29-30-23)17-5-4-9-26-13-17/h4-14,28H,2H2,1,3H3,(H,29,30)/b15-14-. The van der Waals surface area contributed by atoms with Crippen molar-refractivity contribution in [1.82, 2.24) is 25.1 Å². The van der Waals surface area contributed by atoms with Crippen LogP contribution in [0.3, 0.4) is 0 Å². The van der Waals surface area contributed by atoms with Crippen LogP contribution in [0.2, 0.25) is 0 Å². The lowest BCUT2D eigenvalue weighted by molar-refractivity contribution is 1.11. The Labute approximate surface area is 179 Å². The van der Waals surface area contributed by atoms with E-state index < -0.39 is 0 Å². The molecule has 0 fully saturated rings. The van der Waals surface area contributed by atoms with Gasteiger partial charge in [-0.05, 0) is 49.5 Å². The molecule has 4 aromatic heterocycles. The molecule has 0 saturated carbocycles. The Bertz CT molecular complexity index is 1430. The molecule has 0 bridgehead atoms. The fourth-order valence-electron chi connectivity index (χ4n) is 3.76. The highest BCUT2D eigenvalue weighted by atomic mass is 15.2. The van der Waals surface area contributed by atoms with Gasteiger partial charge in [0.2, 0.25) is 0 Å². The Hall–Kier alpha value is -4.26. The van der Waals surface area contributed by atoms with Crippen LogP contribution in [0.5, 0.6) is 0 Å². The second-order valence-corrected chi connectivity index (χ2v) is 7.39. The van der Waals surface area contributed by atoms with Crippen LogP contribution < -0.4 is 4.90 Å². The zero-order chi connectivity index (χ0) is 21.4. The normalized spacial score (nSPS) is 11.9. The van der Waals surface area contributed by atoms with E-state index in [-0.39, 0.29) is 0 Å². The van der Waals surface area contributed by atoms with Gasteiger partial charge in [0.15, 0.2) is 0 Å². The van der Waals surface area contributed by atoms with Crippen LogP contribution in [0, 0.1) is 0 Å². The number of rotatable bonds is 5. The maximum Gasteiger partial charge on any atom is 0.141 e. The Morgan fingerprint density at radius 3 is 2.77 bits per heavy atom. The highest BCUT2D eigenvalue weighted by Gasteiger charge is 2.15. The lowest BCUT2D eigenvalue weighted by Crippen LogP contribution is -2.10. The molecule has 0 aliphatic heterocycles. The third kappa shape index (κ3) is 3.36. The highest BCUT2D eigenvalue weighted by Crippen LogP contribution is 2.33. The van der Waals surface area contributed by atoms with Crippen LogP contribution in [0.15, 0.2) is 77.9 Å². The number of pyridine rings is 2. The number of nitrogens with zero attached hydrogens (tertiary/aromatic N) is 5. The minimum Gasteiger partial charge on any atom is -0.353 e. The molecule has 5 aromatic rings. The van der Waals surface area contributed by atoms with Gasteiger partial charge < -0.3 is 9.88 Å². The fourth-order valence-corrected chi connectivity index (χ4v) is 3.76. The summed E-state index contributed by atoms with van der Waals surface area (Å²) in [6.45, 7) is 5.48. The molecule has 5 rings (SSSR count). The summed E-state index contributed by atoms with van der Waals surface area (Å²) in [5.74, 6) is 0.832. The summed E-state index contributed by atoms with van der Waals surface area (Å²) in [7, 11) is 1.95. The van der Waals surface area contributed by atoms with E-state index in [1.54, 1.807) is 12.4 Å². The van der Waals surface area contributed by atoms with Crippen LogP contribution in [0.4, 0.5) is 5.82 Å². The smallest absolute Gasteiger partial charge is 0.141 e. The maximum absolute atomic E-state index is 4.59. The van der Waals surface area contributed by atoms with Gasteiger partial charge in [-0.1, -0.05) is 12.1 Å². The minimum absolute atomic E-state index is 0.818. The first-order valence-electron chi connectivity index (χ1n) is 9.88. The van der Waals surface area contributed by atoms with E-state index in [4.69, 9.17) is 0 Å². The summed E-state index contributed by atoms with van der Waals surface area (Å²) in [5, 5.41) is 9.78. The van der Waals surface area contributed by atoms with Gasteiger partial charge in [-0.3, -0.25) is 15.1 Å². The third-order valence-electron chi connectivity index (χ3n) is 5.30. The highest BCUT2D eigenvalue weighted by molar-refractivity contribution is 6.00. The molecular weight excluding hydrogens is 386 g/mol. The van der Waals surface area contributed by atoms with Crippen molar-refractivity contribution >= 4 is 34.3 Å². The molecule has 0 spiro atoms. The molecule has 7 nitrogen and oxygen atoms in total. The molecule has 31 heavy (non-hydrogen) atoms. The van der Waals surface area contributed by atoms with E-state index in [9.17, 15) is 0 Å². The number of aromatic nitrogens is 5. The van der Waals surface area contributed by atoms with E-state index in [2.05, 4.69) is 61.1 Å². The van der Waals surface area contributed by atoms with Crippen molar-refractivity contribution in [1.29, 1.82) is 0 Å². The number of allylic oxidation sites excluding steroid dienone is 1. The first-order chi connectivity index (χ1) is 15.1. The molecule has 2 N–H and O–H groups in total. The summed E-state index contributed by atoms with van der Waals surface area (Å²) in [5.41, 5.74) is 6.74. The number of benzene rings is 1. The van der Waals surface area contributed by atoms with Crippen molar-refractivity contribution in [2.45, 2.75) is 6.92 Å².